The first-order valence-electron chi connectivity index (χ1n) is 4.52. The molecule has 1 unspecified atom stereocenters. The van der Waals surface area contributed by atoms with Crippen molar-refractivity contribution in [2.75, 3.05) is 6.54 Å². The lowest BCUT2D eigenvalue weighted by Gasteiger charge is -2.04. The fourth-order valence-electron chi connectivity index (χ4n) is 1.27. The molecule has 0 aromatic heterocycles. The van der Waals surface area contributed by atoms with Gasteiger partial charge in [-0.05, 0) is 13.3 Å². The summed E-state index contributed by atoms with van der Waals surface area (Å²) < 4.78 is 0. The lowest BCUT2D eigenvalue weighted by Crippen LogP contribution is -2.08. The summed E-state index contributed by atoms with van der Waals surface area (Å²) in [6.07, 6.45) is 6.98. The fraction of sp³-hybridized carbons (Fsp3) is 1.00. The molecule has 0 bridgehead atoms. The molecule has 1 N–H and O–H groups in total. The molecule has 0 aromatic carbocycles. The van der Waals surface area contributed by atoms with Gasteiger partial charge in [0.2, 0.25) is 0 Å². The molecule has 10 heavy (non-hydrogen) atoms. The van der Waals surface area contributed by atoms with Crippen LogP contribution in [0.3, 0.4) is 0 Å². The van der Waals surface area contributed by atoms with Crippen LogP contribution in [0.4, 0.5) is 0 Å². The Morgan fingerprint density at radius 1 is 1.30 bits per heavy atom. The van der Waals surface area contributed by atoms with Crippen LogP contribution < -0.4 is 5.32 Å². The number of hydrogen-bond donors (Lipinski definition) is 1. The van der Waals surface area contributed by atoms with Crippen molar-refractivity contribution in [2.45, 2.75) is 51.5 Å². The zero-order valence-electron chi connectivity index (χ0n) is 7.24. The molecule has 1 atom stereocenters. The Balaban J connectivity index is 1.86. The SMILES string of the molecule is CCCCCCC1(C)CN1. The molecule has 1 heterocycles. The van der Waals surface area contributed by atoms with Crippen molar-refractivity contribution in [3.8, 4) is 0 Å². The summed E-state index contributed by atoms with van der Waals surface area (Å²) >= 11 is 0. The molecule has 0 spiro atoms. The van der Waals surface area contributed by atoms with Crippen molar-refractivity contribution >= 4 is 0 Å². The Kier molecular flexibility index (Phi) is 2.72. The largest absolute Gasteiger partial charge is 0.308 e. The molecule has 0 amide bonds. The van der Waals surface area contributed by atoms with E-state index in [1.807, 2.05) is 0 Å². The minimum absolute atomic E-state index is 0.549. The van der Waals surface area contributed by atoms with E-state index in [0.29, 0.717) is 5.54 Å². The second-order valence-corrected chi connectivity index (χ2v) is 3.72. The Hall–Kier alpha value is -0.0400. The van der Waals surface area contributed by atoms with Gasteiger partial charge in [-0.1, -0.05) is 32.6 Å². The molecule has 0 saturated carbocycles. The molecule has 1 fully saturated rings. The van der Waals surface area contributed by atoms with Gasteiger partial charge in [0.15, 0.2) is 0 Å². The quantitative estimate of drug-likeness (QED) is 0.460. The molecular weight excluding hydrogens is 122 g/mol. The standard InChI is InChI=1S/C9H19N/c1-3-4-5-6-7-9(2)8-10-9/h10H,3-8H2,1-2H3. The van der Waals surface area contributed by atoms with E-state index in [2.05, 4.69) is 19.2 Å². The van der Waals surface area contributed by atoms with E-state index in [1.54, 1.807) is 0 Å². The third-order valence-electron chi connectivity index (χ3n) is 2.36. The lowest BCUT2D eigenvalue weighted by atomic mass is 10.0. The second-order valence-electron chi connectivity index (χ2n) is 3.72. The van der Waals surface area contributed by atoms with Gasteiger partial charge in [-0.15, -0.1) is 0 Å². The fourth-order valence-corrected chi connectivity index (χ4v) is 1.27. The van der Waals surface area contributed by atoms with Gasteiger partial charge in [0.05, 0.1) is 0 Å². The van der Waals surface area contributed by atoms with Crippen molar-refractivity contribution in [3.05, 3.63) is 0 Å². The zero-order valence-corrected chi connectivity index (χ0v) is 7.24. The highest BCUT2D eigenvalue weighted by Crippen LogP contribution is 2.23. The van der Waals surface area contributed by atoms with Crippen LogP contribution in [0.5, 0.6) is 0 Å². The van der Waals surface area contributed by atoms with Gasteiger partial charge < -0.3 is 5.32 Å². The predicted octanol–water partition coefficient (Wildman–Crippen LogP) is 2.32. The second kappa shape index (κ2) is 3.38. The van der Waals surface area contributed by atoms with Crippen molar-refractivity contribution in [1.82, 2.24) is 5.32 Å². The summed E-state index contributed by atoms with van der Waals surface area (Å²) in [6, 6.07) is 0. The molecule has 0 aromatic rings. The third kappa shape index (κ3) is 2.70. The summed E-state index contributed by atoms with van der Waals surface area (Å²) in [5.74, 6) is 0. The van der Waals surface area contributed by atoms with Gasteiger partial charge in [0.1, 0.15) is 0 Å². The summed E-state index contributed by atoms with van der Waals surface area (Å²) in [6.45, 7) is 5.83. The normalized spacial score (nSPS) is 30.6. The molecule has 60 valence electrons. The predicted molar refractivity (Wildman–Crippen MR) is 45.2 cm³/mol. The number of rotatable bonds is 5. The van der Waals surface area contributed by atoms with E-state index in [-0.39, 0.29) is 0 Å². The first-order valence-corrected chi connectivity index (χ1v) is 4.52. The number of nitrogens with one attached hydrogen (secondary N) is 1. The summed E-state index contributed by atoms with van der Waals surface area (Å²) in [4.78, 5) is 0. The molecule has 1 heteroatoms. The summed E-state index contributed by atoms with van der Waals surface area (Å²) in [5.41, 5.74) is 0.549. The van der Waals surface area contributed by atoms with E-state index >= 15 is 0 Å². The smallest absolute Gasteiger partial charge is 0.0278 e. The van der Waals surface area contributed by atoms with Crippen LogP contribution >= 0.6 is 0 Å². The van der Waals surface area contributed by atoms with Crippen molar-refractivity contribution in [3.63, 3.8) is 0 Å². The molecule has 0 radical (unpaired) electrons. The van der Waals surface area contributed by atoms with Gasteiger partial charge in [-0.3, -0.25) is 0 Å². The topological polar surface area (TPSA) is 21.9 Å². The first kappa shape index (κ1) is 8.06. The molecule has 1 saturated heterocycles. The van der Waals surface area contributed by atoms with Crippen molar-refractivity contribution < 1.29 is 0 Å². The van der Waals surface area contributed by atoms with Crippen molar-refractivity contribution in [2.24, 2.45) is 0 Å². The maximum absolute atomic E-state index is 3.39. The Morgan fingerprint density at radius 2 is 2.00 bits per heavy atom. The van der Waals surface area contributed by atoms with E-state index in [9.17, 15) is 0 Å². The van der Waals surface area contributed by atoms with E-state index in [4.69, 9.17) is 0 Å². The van der Waals surface area contributed by atoms with E-state index < -0.39 is 0 Å². The average Bonchev–Trinajstić information content (AvgIpc) is 2.62. The maximum Gasteiger partial charge on any atom is 0.0278 e. The van der Waals surface area contributed by atoms with Crippen LogP contribution in [0.1, 0.15) is 46.0 Å². The van der Waals surface area contributed by atoms with Crippen LogP contribution in [-0.2, 0) is 0 Å². The van der Waals surface area contributed by atoms with Crippen LogP contribution in [0.2, 0.25) is 0 Å². The van der Waals surface area contributed by atoms with Gasteiger partial charge >= 0.3 is 0 Å². The van der Waals surface area contributed by atoms with Crippen LogP contribution in [-0.4, -0.2) is 12.1 Å². The highest BCUT2D eigenvalue weighted by Gasteiger charge is 2.34. The lowest BCUT2D eigenvalue weighted by molar-refractivity contribution is 0.550. The summed E-state index contributed by atoms with van der Waals surface area (Å²) in [5, 5.41) is 3.39. The van der Waals surface area contributed by atoms with Crippen LogP contribution in [0.15, 0.2) is 0 Å². The Labute approximate surface area is 64.2 Å². The molecule has 1 aliphatic rings. The van der Waals surface area contributed by atoms with Crippen molar-refractivity contribution in [1.29, 1.82) is 0 Å². The van der Waals surface area contributed by atoms with Gasteiger partial charge in [0, 0.05) is 12.1 Å². The Bertz CT molecular complexity index is 94.9. The Morgan fingerprint density at radius 3 is 2.50 bits per heavy atom. The van der Waals surface area contributed by atoms with Gasteiger partial charge in [-0.2, -0.15) is 0 Å². The minimum Gasteiger partial charge on any atom is -0.308 e. The number of unbranched alkanes of at least 4 members (excludes halogenated alkanes) is 3. The van der Waals surface area contributed by atoms with E-state index in [1.165, 1.54) is 38.6 Å². The molecule has 1 rings (SSSR count). The molecule has 1 aliphatic heterocycles. The molecule has 1 nitrogen and oxygen atoms in total. The van der Waals surface area contributed by atoms with E-state index in [0.717, 1.165) is 0 Å². The average molecular weight is 141 g/mol. The highest BCUT2D eigenvalue weighted by molar-refractivity contribution is 4.98. The minimum atomic E-state index is 0.549. The summed E-state index contributed by atoms with van der Waals surface area (Å²) in [7, 11) is 0. The zero-order chi connectivity index (χ0) is 7.45. The highest BCUT2D eigenvalue weighted by atomic mass is 15.1. The number of hydrogen-bond acceptors (Lipinski definition) is 1. The molecular formula is C9H19N. The van der Waals surface area contributed by atoms with Crippen LogP contribution in [0.25, 0.3) is 0 Å². The first-order chi connectivity index (χ1) is 4.77. The van der Waals surface area contributed by atoms with Gasteiger partial charge in [-0.25, -0.2) is 0 Å². The third-order valence-corrected chi connectivity index (χ3v) is 2.36. The van der Waals surface area contributed by atoms with Crippen LogP contribution in [0, 0.1) is 0 Å². The monoisotopic (exact) mass is 141 g/mol. The maximum atomic E-state index is 3.39. The van der Waals surface area contributed by atoms with Gasteiger partial charge in [0.25, 0.3) is 0 Å². The molecule has 0 aliphatic carbocycles.